The minimum absolute atomic E-state index is 0. The molecule has 0 amide bonds. The van der Waals surface area contributed by atoms with Gasteiger partial charge in [0.05, 0.1) is 11.9 Å². The number of nitrogens with two attached hydrogens (primary N) is 1. The van der Waals surface area contributed by atoms with Crippen LogP contribution >= 0.6 is 12.4 Å². The standard InChI is InChI=1S/C13H10FN3.ClH/c14-10-3-1-8(2-4-10)12-6-9-5-11(15)7-16-13(9)17-12;/h1-7H,15H2,(H,16,17);1H. The molecule has 2 heterocycles. The Kier molecular flexibility index (Phi) is 3.21. The molecular weight excluding hydrogens is 253 g/mol. The van der Waals surface area contributed by atoms with Crippen LogP contribution in [0.4, 0.5) is 10.1 Å². The van der Waals surface area contributed by atoms with Crippen LogP contribution < -0.4 is 5.73 Å². The highest BCUT2D eigenvalue weighted by molar-refractivity contribution is 5.85. The molecule has 3 N–H and O–H groups in total. The fourth-order valence-corrected chi connectivity index (χ4v) is 1.82. The summed E-state index contributed by atoms with van der Waals surface area (Å²) in [6, 6.07) is 10.1. The Balaban J connectivity index is 0.00000120. The molecule has 0 spiro atoms. The molecule has 0 unspecified atom stereocenters. The molecule has 3 aromatic rings. The third-order valence-electron chi connectivity index (χ3n) is 2.65. The van der Waals surface area contributed by atoms with Crippen LogP contribution in [0.25, 0.3) is 22.3 Å². The van der Waals surface area contributed by atoms with E-state index in [0.717, 1.165) is 22.3 Å². The number of rotatable bonds is 1. The average Bonchev–Trinajstić information content (AvgIpc) is 2.72. The highest BCUT2D eigenvalue weighted by atomic mass is 35.5. The molecule has 0 saturated carbocycles. The van der Waals surface area contributed by atoms with E-state index < -0.39 is 0 Å². The number of aromatic nitrogens is 2. The lowest BCUT2D eigenvalue weighted by Gasteiger charge is -1.96. The number of nitrogen functional groups attached to an aromatic ring is 1. The summed E-state index contributed by atoms with van der Waals surface area (Å²) in [6.45, 7) is 0. The molecule has 1 aromatic carbocycles. The molecule has 3 nitrogen and oxygen atoms in total. The molecule has 0 radical (unpaired) electrons. The Morgan fingerprint density at radius 2 is 1.83 bits per heavy atom. The van der Waals surface area contributed by atoms with E-state index >= 15 is 0 Å². The second kappa shape index (κ2) is 4.66. The first-order valence-corrected chi connectivity index (χ1v) is 5.22. The number of hydrogen-bond donors (Lipinski definition) is 2. The van der Waals surface area contributed by atoms with Crippen molar-refractivity contribution in [3.8, 4) is 11.3 Å². The molecule has 0 aliphatic carbocycles. The lowest BCUT2D eigenvalue weighted by molar-refractivity contribution is 0.628. The van der Waals surface area contributed by atoms with Crippen LogP contribution in [0.5, 0.6) is 0 Å². The van der Waals surface area contributed by atoms with E-state index in [4.69, 9.17) is 5.73 Å². The van der Waals surface area contributed by atoms with Gasteiger partial charge in [0.25, 0.3) is 0 Å². The predicted octanol–water partition coefficient (Wildman–Crippen LogP) is 3.37. The van der Waals surface area contributed by atoms with E-state index in [0.29, 0.717) is 5.69 Å². The van der Waals surface area contributed by atoms with Crippen molar-refractivity contribution in [3.63, 3.8) is 0 Å². The van der Waals surface area contributed by atoms with Crippen molar-refractivity contribution in [2.75, 3.05) is 5.73 Å². The van der Waals surface area contributed by atoms with Crippen molar-refractivity contribution in [1.29, 1.82) is 0 Å². The number of nitrogens with zero attached hydrogens (tertiary/aromatic N) is 1. The van der Waals surface area contributed by atoms with E-state index in [9.17, 15) is 4.39 Å². The van der Waals surface area contributed by atoms with Gasteiger partial charge in [0, 0.05) is 11.1 Å². The molecule has 18 heavy (non-hydrogen) atoms. The molecule has 0 aliphatic heterocycles. The summed E-state index contributed by atoms with van der Waals surface area (Å²) >= 11 is 0. The summed E-state index contributed by atoms with van der Waals surface area (Å²) in [4.78, 5) is 7.36. The molecule has 0 fully saturated rings. The van der Waals surface area contributed by atoms with Crippen molar-refractivity contribution in [2.24, 2.45) is 0 Å². The molecule has 0 saturated heterocycles. The molecular formula is C13H11ClFN3. The fourth-order valence-electron chi connectivity index (χ4n) is 1.82. The zero-order valence-corrected chi connectivity index (χ0v) is 10.2. The molecule has 0 bridgehead atoms. The lowest BCUT2D eigenvalue weighted by Crippen LogP contribution is -1.85. The molecule has 5 heteroatoms. The normalized spacial score (nSPS) is 10.3. The third kappa shape index (κ3) is 2.15. The number of fused-ring (bicyclic) bond motifs is 1. The summed E-state index contributed by atoms with van der Waals surface area (Å²) in [7, 11) is 0. The van der Waals surface area contributed by atoms with Gasteiger partial charge >= 0.3 is 0 Å². The molecule has 0 atom stereocenters. The van der Waals surface area contributed by atoms with Crippen LogP contribution in [-0.2, 0) is 0 Å². The summed E-state index contributed by atoms with van der Waals surface area (Å²) in [5.41, 5.74) is 8.89. The van der Waals surface area contributed by atoms with Gasteiger partial charge in [0.2, 0.25) is 0 Å². The maximum Gasteiger partial charge on any atom is 0.137 e. The summed E-state index contributed by atoms with van der Waals surface area (Å²) < 4.78 is 12.8. The van der Waals surface area contributed by atoms with Crippen LogP contribution in [0.15, 0.2) is 42.6 Å². The topological polar surface area (TPSA) is 54.7 Å². The van der Waals surface area contributed by atoms with Gasteiger partial charge < -0.3 is 10.7 Å². The maximum absolute atomic E-state index is 12.8. The highest BCUT2D eigenvalue weighted by Gasteiger charge is 2.04. The predicted molar refractivity (Wildman–Crippen MR) is 73.1 cm³/mol. The van der Waals surface area contributed by atoms with E-state index in [2.05, 4.69) is 9.97 Å². The second-order valence-corrected chi connectivity index (χ2v) is 3.90. The SMILES string of the molecule is Cl.Nc1cnc2[nH]c(-c3ccc(F)cc3)cc2c1. The highest BCUT2D eigenvalue weighted by Crippen LogP contribution is 2.24. The van der Waals surface area contributed by atoms with Gasteiger partial charge in [-0.2, -0.15) is 0 Å². The zero-order chi connectivity index (χ0) is 11.8. The van der Waals surface area contributed by atoms with Crippen molar-refractivity contribution in [1.82, 2.24) is 9.97 Å². The van der Waals surface area contributed by atoms with Crippen LogP contribution in [0.3, 0.4) is 0 Å². The van der Waals surface area contributed by atoms with Crippen molar-refractivity contribution in [3.05, 3.63) is 48.4 Å². The van der Waals surface area contributed by atoms with E-state index in [1.165, 1.54) is 12.1 Å². The maximum atomic E-state index is 12.8. The monoisotopic (exact) mass is 263 g/mol. The zero-order valence-electron chi connectivity index (χ0n) is 9.35. The number of H-pyrrole nitrogens is 1. The van der Waals surface area contributed by atoms with Gasteiger partial charge in [-0.25, -0.2) is 9.37 Å². The summed E-state index contributed by atoms with van der Waals surface area (Å²) in [6.07, 6.45) is 1.60. The Bertz CT molecular complexity index is 676. The minimum Gasteiger partial charge on any atom is -0.397 e. The lowest BCUT2D eigenvalue weighted by atomic mass is 10.1. The Morgan fingerprint density at radius 3 is 2.56 bits per heavy atom. The third-order valence-corrected chi connectivity index (χ3v) is 2.65. The van der Waals surface area contributed by atoms with Gasteiger partial charge in [-0.1, -0.05) is 0 Å². The number of hydrogen-bond acceptors (Lipinski definition) is 2. The van der Waals surface area contributed by atoms with Crippen LogP contribution in [-0.4, -0.2) is 9.97 Å². The van der Waals surface area contributed by atoms with Gasteiger partial charge in [0.15, 0.2) is 0 Å². The van der Waals surface area contributed by atoms with Crippen molar-refractivity contribution in [2.45, 2.75) is 0 Å². The largest absolute Gasteiger partial charge is 0.397 e. The van der Waals surface area contributed by atoms with Gasteiger partial charge in [-0.05, 0) is 42.0 Å². The number of aromatic amines is 1. The summed E-state index contributed by atoms with van der Waals surface area (Å²) in [5.74, 6) is -0.243. The van der Waals surface area contributed by atoms with Crippen molar-refractivity contribution >= 4 is 29.1 Å². The van der Waals surface area contributed by atoms with Gasteiger partial charge in [-0.3, -0.25) is 0 Å². The average molecular weight is 264 g/mol. The Hall–Kier alpha value is -2.07. The molecule has 92 valence electrons. The molecule has 0 aliphatic rings. The Morgan fingerprint density at radius 1 is 1.11 bits per heavy atom. The number of benzene rings is 1. The number of pyridine rings is 1. The van der Waals surface area contributed by atoms with E-state index in [1.54, 1.807) is 18.3 Å². The van der Waals surface area contributed by atoms with Gasteiger partial charge in [-0.15, -0.1) is 12.4 Å². The minimum atomic E-state index is -0.243. The van der Waals surface area contributed by atoms with Crippen LogP contribution in [0, 0.1) is 5.82 Å². The van der Waals surface area contributed by atoms with Crippen molar-refractivity contribution < 1.29 is 4.39 Å². The first-order valence-electron chi connectivity index (χ1n) is 5.22. The second-order valence-electron chi connectivity index (χ2n) is 3.90. The number of nitrogens with one attached hydrogen (secondary N) is 1. The first kappa shape index (κ1) is 12.4. The van der Waals surface area contributed by atoms with Gasteiger partial charge in [0.1, 0.15) is 11.5 Å². The van der Waals surface area contributed by atoms with Crippen LogP contribution in [0.2, 0.25) is 0 Å². The Labute approximate surface area is 109 Å². The molecule has 2 aromatic heterocycles. The molecule has 3 rings (SSSR count). The smallest absolute Gasteiger partial charge is 0.137 e. The number of anilines is 1. The summed E-state index contributed by atoms with van der Waals surface area (Å²) in [5, 5.41) is 0.948. The first-order chi connectivity index (χ1) is 8.22. The van der Waals surface area contributed by atoms with E-state index in [-0.39, 0.29) is 18.2 Å². The fraction of sp³-hybridized carbons (Fsp3) is 0. The number of halogens is 2. The van der Waals surface area contributed by atoms with E-state index in [1.807, 2.05) is 12.1 Å². The quantitative estimate of drug-likeness (QED) is 0.707. The van der Waals surface area contributed by atoms with Crippen LogP contribution in [0.1, 0.15) is 0 Å².